The second-order valence-corrected chi connectivity index (χ2v) is 7.91. The molecule has 0 heterocycles. The van der Waals surface area contributed by atoms with Crippen LogP contribution in [0.5, 0.6) is 23.0 Å². The van der Waals surface area contributed by atoms with Crippen LogP contribution in [0.15, 0.2) is 54.6 Å². The summed E-state index contributed by atoms with van der Waals surface area (Å²) in [5, 5.41) is 3.99. The Hall–Kier alpha value is -2.89. The van der Waals surface area contributed by atoms with Gasteiger partial charge < -0.3 is 24.3 Å². The predicted octanol–water partition coefficient (Wildman–Crippen LogP) is 5.59. The largest absolute Gasteiger partial charge is 0.493 e. The van der Waals surface area contributed by atoms with Crippen LogP contribution in [0.3, 0.4) is 0 Å². The quantitative estimate of drug-likeness (QED) is 0.382. The molecule has 0 spiro atoms. The minimum Gasteiger partial charge on any atom is -0.493 e. The highest BCUT2D eigenvalue weighted by atomic mass is 35.5. The molecule has 0 amide bonds. The van der Waals surface area contributed by atoms with Crippen molar-refractivity contribution in [2.75, 3.05) is 27.9 Å². The number of benzene rings is 3. The average Bonchev–Trinajstić information content (AvgIpc) is 2.80. The smallest absolute Gasteiger partial charge is 0.180 e. The van der Waals surface area contributed by atoms with Gasteiger partial charge in [0.15, 0.2) is 23.0 Å². The van der Waals surface area contributed by atoms with Gasteiger partial charge in [0.2, 0.25) is 0 Å². The molecule has 0 unspecified atom stereocenters. The molecule has 170 valence electrons. The van der Waals surface area contributed by atoms with Gasteiger partial charge in [0.05, 0.1) is 26.4 Å². The summed E-state index contributed by atoms with van der Waals surface area (Å²) in [7, 11) is 4.90. The van der Waals surface area contributed by atoms with E-state index in [1.807, 2.05) is 42.5 Å². The lowest BCUT2D eigenvalue weighted by molar-refractivity contribution is 0.284. The Labute approximate surface area is 195 Å². The lowest BCUT2D eigenvalue weighted by Gasteiger charge is -2.15. The van der Waals surface area contributed by atoms with Gasteiger partial charge in [-0.05, 0) is 60.8 Å². The summed E-state index contributed by atoms with van der Waals surface area (Å²) < 4.78 is 22.2. The summed E-state index contributed by atoms with van der Waals surface area (Å²) in [6.45, 7) is 3.97. The lowest BCUT2D eigenvalue weighted by atomic mass is 10.1. The SMILES string of the molecule is COc1ccc(CCNCc2cc(Cl)c(OCc3cccc(C)c3)c(OC)c2)cc1OC. The van der Waals surface area contributed by atoms with Crippen LogP contribution < -0.4 is 24.3 Å². The molecule has 0 aliphatic rings. The highest BCUT2D eigenvalue weighted by Gasteiger charge is 2.13. The number of rotatable bonds is 11. The second kappa shape index (κ2) is 11.7. The first-order chi connectivity index (χ1) is 15.5. The van der Waals surface area contributed by atoms with Crippen molar-refractivity contribution in [1.82, 2.24) is 5.32 Å². The summed E-state index contributed by atoms with van der Waals surface area (Å²) in [6.07, 6.45) is 0.864. The van der Waals surface area contributed by atoms with Crippen molar-refractivity contribution >= 4 is 11.6 Å². The third-order valence-electron chi connectivity index (χ3n) is 5.12. The van der Waals surface area contributed by atoms with E-state index in [-0.39, 0.29) is 0 Å². The molecule has 0 aromatic heterocycles. The van der Waals surface area contributed by atoms with Gasteiger partial charge in [0.1, 0.15) is 6.61 Å². The van der Waals surface area contributed by atoms with Gasteiger partial charge >= 0.3 is 0 Å². The van der Waals surface area contributed by atoms with Crippen LogP contribution in [0.1, 0.15) is 22.3 Å². The van der Waals surface area contributed by atoms with Crippen LogP contribution in [-0.2, 0) is 19.6 Å². The van der Waals surface area contributed by atoms with E-state index in [0.29, 0.717) is 29.7 Å². The van der Waals surface area contributed by atoms with Crippen molar-refractivity contribution in [3.8, 4) is 23.0 Å². The Morgan fingerprint density at radius 1 is 0.781 bits per heavy atom. The first-order valence-electron chi connectivity index (χ1n) is 10.5. The van der Waals surface area contributed by atoms with Crippen LogP contribution in [0.2, 0.25) is 5.02 Å². The standard InChI is InChI=1S/C26H30ClNO4/c1-18-6-5-7-20(12-18)17-32-26-22(27)13-21(15-25(26)31-4)16-28-11-10-19-8-9-23(29-2)24(14-19)30-3/h5-9,12-15,28H,10-11,16-17H2,1-4H3. The van der Waals surface area contributed by atoms with Crippen molar-refractivity contribution in [2.24, 2.45) is 0 Å². The third-order valence-corrected chi connectivity index (χ3v) is 5.40. The first kappa shape index (κ1) is 23.8. The van der Waals surface area contributed by atoms with E-state index >= 15 is 0 Å². The molecule has 0 aliphatic carbocycles. The Bertz CT molecular complexity index is 1040. The fourth-order valence-electron chi connectivity index (χ4n) is 3.47. The van der Waals surface area contributed by atoms with Crippen LogP contribution >= 0.6 is 11.6 Å². The van der Waals surface area contributed by atoms with Gasteiger partial charge in [-0.3, -0.25) is 0 Å². The molecule has 0 radical (unpaired) electrons. The predicted molar refractivity (Wildman–Crippen MR) is 128 cm³/mol. The van der Waals surface area contributed by atoms with Crippen molar-refractivity contribution in [3.05, 3.63) is 81.9 Å². The molecule has 32 heavy (non-hydrogen) atoms. The van der Waals surface area contributed by atoms with Crippen LogP contribution in [0, 0.1) is 6.92 Å². The summed E-state index contributed by atoms with van der Waals surface area (Å²) in [5.41, 5.74) is 4.48. The van der Waals surface area contributed by atoms with E-state index in [4.69, 9.17) is 30.5 Å². The van der Waals surface area contributed by atoms with Crippen LogP contribution in [0.25, 0.3) is 0 Å². The summed E-state index contributed by atoms with van der Waals surface area (Å²) in [6, 6.07) is 18.0. The van der Waals surface area contributed by atoms with E-state index in [1.165, 1.54) is 11.1 Å². The number of hydrogen-bond acceptors (Lipinski definition) is 5. The molecule has 3 rings (SSSR count). The maximum atomic E-state index is 6.52. The van der Waals surface area contributed by atoms with E-state index in [9.17, 15) is 0 Å². The lowest BCUT2D eigenvalue weighted by Crippen LogP contribution is -2.17. The van der Waals surface area contributed by atoms with E-state index in [2.05, 4.69) is 24.4 Å². The molecule has 0 saturated heterocycles. The molecule has 0 atom stereocenters. The molecule has 6 heteroatoms. The summed E-state index contributed by atoms with van der Waals surface area (Å²) in [5.74, 6) is 2.66. The summed E-state index contributed by atoms with van der Waals surface area (Å²) in [4.78, 5) is 0. The molecule has 3 aromatic carbocycles. The molecular formula is C26H30ClNO4. The highest BCUT2D eigenvalue weighted by molar-refractivity contribution is 6.32. The zero-order valence-corrected chi connectivity index (χ0v) is 19.8. The van der Waals surface area contributed by atoms with Gasteiger partial charge in [-0.15, -0.1) is 0 Å². The zero-order valence-electron chi connectivity index (χ0n) is 19.0. The molecule has 0 bridgehead atoms. The van der Waals surface area contributed by atoms with Crippen LogP contribution in [0.4, 0.5) is 0 Å². The zero-order chi connectivity index (χ0) is 22.9. The fourth-order valence-corrected chi connectivity index (χ4v) is 3.76. The molecule has 1 N–H and O–H groups in total. The second-order valence-electron chi connectivity index (χ2n) is 7.50. The molecule has 0 fully saturated rings. The van der Waals surface area contributed by atoms with Crippen molar-refractivity contribution in [2.45, 2.75) is 26.5 Å². The molecule has 5 nitrogen and oxygen atoms in total. The molecule has 0 saturated carbocycles. The minimum atomic E-state index is 0.431. The number of hydrogen-bond donors (Lipinski definition) is 1. The Morgan fingerprint density at radius 3 is 2.25 bits per heavy atom. The number of halogens is 1. The van der Waals surface area contributed by atoms with Crippen molar-refractivity contribution in [1.29, 1.82) is 0 Å². The fraction of sp³-hybridized carbons (Fsp3) is 0.308. The topological polar surface area (TPSA) is 49.0 Å². The van der Waals surface area contributed by atoms with E-state index in [0.717, 1.165) is 35.6 Å². The Kier molecular flexibility index (Phi) is 8.65. The van der Waals surface area contributed by atoms with Crippen molar-refractivity contribution < 1.29 is 18.9 Å². The first-order valence-corrected chi connectivity index (χ1v) is 10.9. The molecule has 3 aromatic rings. The van der Waals surface area contributed by atoms with Gasteiger partial charge in [0, 0.05) is 6.54 Å². The minimum absolute atomic E-state index is 0.431. The average molecular weight is 456 g/mol. The third kappa shape index (κ3) is 6.31. The number of methoxy groups -OCH3 is 3. The maximum absolute atomic E-state index is 6.52. The molecular weight excluding hydrogens is 426 g/mol. The molecule has 0 aliphatic heterocycles. The van der Waals surface area contributed by atoms with Crippen LogP contribution in [-0.4, -0.2) is 27.9 Å². The van der Waals surface area contributed by atoms with E-state index in [1.54, 1.807) is 21.3 Å². The van der Waals surface area contributed by atoms with Crippen molar-refractivity contribution in [3.63, 3.8) is 0 Å². The maximum Gasteiger partial charge on any atom is 0.180 e. The monoisotopic (exact) mass is 455 g/mol. The van der Waals surface area contributed by atoms with E-state index < -0.39 is 0 Å². The van der Waals surface area contributed by atoms with Gasteiger partial charge in [-0.25, -0.2) is 0 Å². The number of aryl methyl sites for hydroxylation is 1. The Morgan fingerprint density at radius 2 is 1.53 bits per heavy atom. The number of nitrogens with one attached hydrogen (secondary N) is 1. The summed E-state index contributed by atoms with van der Waals surface area (Å²) >= 11 is 6.52. The Balaban J connectivity index is 1.57. The van der Waals surface area contributed by atoms with Gasteiger partial charge in [-0.2, -0.15) is 0 Å². The highest BCUT2D eigenvalue weighted by Crippen LogP contribution is 2.37. The van der Waals surface area contributed by atoms with Gasteiger partial charge in [0.25, 0.3) is 0 Å². The number of ether oxygens (including phenoxy) is 4. The van der Waals surface area contributed by atoms with Gasteiger partial charge in [-0.1, -0.05) is 47.5 Å². The normalized spacial score (nSPS) is 10.7.